The highest BCUT2D eigenvalue weighted by Crippen LogP contribution is 2.25. The fraction of sp³-hybridized carbons (Fsp3) is 0.125. The van der Waals surface area contributed by atoms with E-state index < -0.39 is 10.8 Å². The first-order chi connectivity index (χ1) is 15.6. The van der Waals surface area contributed by atoms with Crippen LogP contribution in [0.25, 0.3) is 11.3 Å². The Labute approximate surface area is 189 Å². The number of nitriles is 1. The molecule has 7 nitrogen and oxygen atoms in total. The lowest BCUT2D eigenvalue weighted by atomic mass is 10.1. The van der Waals surface area contributed by atoms with Crippen molar-refractivity contribution in [3.05, 3.63) is 83.7 Å². The molecule has 0 fully saturated rings. The number of benzene rings is 2. The molecule has 0 amide bonds. The first-order valence-electron chi connectivity index (χ1n) is 9.82. The van der Waals surface area contributed by atoms with Crippen molar-refractivity contribution in [1.29, 1.82) is 5.26 Å². The number of hydrogen-bond donors (Lipinski definition) is 1. The second-order valence-electron chi connectivity index (χ2n) is 6.86. The van der Waals surface area contributed by atoms with E-state index >= 15 is 0 Å². The Morgan fingerprint density at radius 3 is 2.72 bits per heavy atom. The molecule has 32 heavy (non-hydrogen) atoms. The molecule has 1 heterocycles. The Bertz CT molecular complexity index is 1240. The summed E-state index contributed by atoms with van der Waals surface area (Å²) >= 11 is 0. The topological polar surface area (TPSA) is 117 Å². The number of aliphatic imine (C=N–C) groups is 2. The van der Waals surface area contributed by atoms with Crippen molar-refractivity contribution < 1.29 is 4.21 Å². The van der Waals surface area contributed by atoms with E-state index in [1.54, 1.807) is 30.5 Å². The van der Waals surface area contributed by atoms with Gasteiger partial charge in [0.05, 0.1) is 44.1 Å². The van der Waals surface area contributed by atoms with Crippen molar-refractivity contribution in [3.8, 4) is 17.3 Å². The lowest BCUT2D eigenvalue weighted by molar-refractivity contribution is 0.682. The molecule has 0 aliphatic rings. The van der Waals surface area contributed by atoms with Gasteiger partial charge in [-0.15, -0.1) is 0 Å². The molecule has 0 saturated heterocycles. The minimum atomic E-state index is -1.66. The molecule has 0 aliphatic carbocycles. The highest BCUT2D eigenvalue weighted by atomic mass is 32.2. The monoisotopic (exact) mass is 442 g/mol. The molecule has 1 atom stereocenters. The first kappa shape index (κ1) is 22.9. The summed E-state index contributed by atoms with van der Waals surface area (Å²) in [5.41, 5.74) is 8.93. The van der Waals surface area contributed by atoms with Gasteiger partial charge < -0.3 is 5.73 Å². The van der Waals surface area contributed by atoms with Crippen molar-refractivity contribution in [1.82, 2.24) is 10.2 Å². The lowest BCUT2D eigenvalue weighted by Crippen LogP contribution is -2.06. The Kier molecular flexibility index (Phi) is 7.86. The van der Waals surface area contributed by atoms with Gasteiger partial charge in [0, 0.05) is 17.3 Å². The predicted molar refractivity (Wildman–Crippen MR) is 127 cm³/mol. The minimum Gasteiger partial charge on any atom is -0.330 e. The fourth-order valence-electron chi connectivity index (χ4n) is 2.92. The molecule has 0 aliphatic heterocycles. The Balaban J connectivity index is 2.08. The summed E-state index contributed by atoms with van der Waals surface area (Å²) in [7, 11) is -1.66. The van der Waals surface area contributed by atoms with Gasteiger partial charge in [0.25, 0.3) is 0 Å². The highest BCUT2D eigenvalue weighted by Gasteiger charge is 2.18. The van der Waals surface area contributed by atoms with Gasteiger partial charge in [-0.1, -0.05) is 35.9 Å². The Hall–Kier alpha value is -3.80. The molecule has 1 unspecified atom stereocenters. The van der Waals surface area contributed by atoms with Crippen LogP contribution in [-0.2, 0) is 10.8 Å². The molecule has 2 N–H and O–H groups in total. The molecule has 0 spiro atoms. The summed E-state index contributed by atoms with van der Waals surface area (Å²) < 4.78 is 13.6. The third-order valence-corrected chi connectivity index (χ3v) is 5.95. The van der Waals surface area contributed by atoms with Crippen molar-refractivity contribution in [2.24, 2.45) is 15.7 Å². The van der Waals surface area contributed by atoms with E-state index in [9.17, 15) is 9.47 Å². The van der Waals surface area contributed by atoms with Gasteiger partial charge in [-0.3, -0.25) is 0 Å². The minimum absolute atomic E-state index is 0.305. The summed E-state index contributed by atoms with van der Waals surface area (Å²) in [6, 6.07) is 18.2. The zero-order valence-corrected chi connectivity index (χ0v) is 18.4. The van der Waals surface area contributed by atoms with Gasteiger partial charge in [-0.05, 0) is 50.9 Å². The molecule has 8 heteroatoms. The van der Waals surface area contributed by atoms with Gasteiger partial charge in [0.1, 0.15) is 0 Å². The van der Waals surface area contributed by atoms with Crippen LogP contribution in [0.4, 0.5) is 0 Å². The molecule has 0 saturated carbocycles. The summed E-state index contributed by atoms with van der Waals surface area (Å²) in [4.78, 5) is 9.29. The highest BCUT2D eigenvalue weighted by molar-refractivity contribution is 7.85. The summed E-state index contributed by atoms with van der Waals surface area (Å²) in [5.74, 6) is 0.305. The molecule has 0 bridgehead atoms. The predicted octanol–water partition coefficient (Wildman–Crippen LogP) is 3.88. The van der Waals surface area contributed by atoms with Crippen LogP contribution in [0.5, 0.6) is 0 Å². The molecular formula is C24H22N6OS. The summed E-state index contributed by atoms with van der Waals surface area (Å²) in [6.45, 7) is 6.04. The molecule has 3 aromatic rings. The molecule has 2 aromatic carbocycles. The number of hydrogen-bond acceptors (Lipinski definition) is 6. The second kappa shape index (κ2) is 11.0. The van der Waals surface area contributed by atoms with Crippen LogP contribution in [0.1, 0.15) is 24.5 Å². The second-order valence-corrected chi connectivity index (χ2v) is 8.31. The van der Waals surface area contributed by atoms with E-state index in [1.807, 2.05) is 37.3 Å². The quantitative estimate of drug-likeness (QED) is 0.440. The van der Waals surface area contributed by atoms with E-state index in [2.05, 4.69) is 33.0 Å². The van der Waals surface area contributed by atoms with Crippen molar-refractivity contribution >= 4 is 23.4 Å². The van der Waals surface area contributed by atoms with Gasteiger partial charge >= 0.3 is 0 Å². The number of amidine groups is 1. The fourth-order valence-corrected chi connectivity index (χ4v) is 4.12. The largest absolute Gasteiger partial charge is 0.330 e. The van der Waals surface area contributed by atoms with Crippen LogP contribution >= 0.6 is 0 Å². The van der Waals surface area contributed by atoms with Crippen molar-refractivity contribution in [2.45, 2.75) is 23.1 Å². The van der Waals surface area contributed by atoms with E-state index in [4.69, 9.17) is 5.73 Å². The Morgan fingerprint density at radius 2 is 2.03 bits per heavy atom. The third kappa shape index (κ3) is 5.46. The summed E-state index contributed by atoms with van der Waals surface area (Å²) in [6.07, 6.45) is 3.82. The zero-order chi connectivity index (χ0) is 22.9. The van der Waals surface area contributed by atoms with E-state index in [0.717, 1.165) is 11.1 Å². The van der Waals surface area contributed by atoms with Crippen LogP contribution < -0.4 is 5.73 Å². The van der Waals surface area contributed by atoms with Crippen molar-refractivity contribution in [3.63, 3.8) is 0 Å². The maximum absolute atomic E-state index is 13.6. The smallest absolute Gasteiger partial charge is 0.159 e. The van der Waals surface area contributed by atoms with E-state index in [0.29, 0.717) is 45.4 Å². The van der Waals surface area contributed by atoms with Crippen LogP contribution in [-0.4, -0.2) is 33.5 Å². The normalized spacial score (nSPS) is 12.8. The molecule has 3 rings (SSSR count). The maximum atomic E-state index is 13.6. The van der Waals surface area contributed by atoms with Crippen LogP contribution in [0.2, 0.25) is 0 Å². The van der Waals surface area contributed by atoms with Crippen molar-refractivity contribution in [2.75, 3.05) is 6.54 Å². The van der Waals surface area contributed by atoms with Gasteiger partial charge in [-0.2, -0.15) is 15.5 Å². The number of nitrogens with zero attached hydrogens (tertiary/aromatic N) is 5. The molecule has 160 valence electrons. The number of rotatable bonds is 7. The standard InChI is InChI=1S/C24H22N6OS/c1-17(10-11-25)15-28-24(27-2)21-9-8-18(14-26)12-23(21)32(31)20-13-22(30-29-16-20)19-6-4-3-5-7-19/h3-9,12-13,15-16H,2,10-11,25H2,1H3/b17-15+,28-24?. The summed E-state index contributed by atoms with van der Waals surface area (Å²) in [5, 5.41) is 17.6. The van der Waals surface area contributed by atoms with Gasteiger partial charge in [0.15, 0.2) is 5.84 Å². The van der Waals surface area contributed by atoms with Crippen LogP contribution in [0.15, 0.2) is 92.3 Å². The average molecular weight is 443 g/mol. The van der Waals surface area contributed by atoms with E-state index in [-0.39, 0.29) is 0 Å². The first-order valence-corrected chi connectivity index (χ1v) is 11.0. The number of aromatic nitrogens is 2. The average Bonchev–Trinajstić information content (AvgIpc) is 2.85. The molecule has 1 aromatic heterocycles. The lowest BCUT2D eigenvalue weighted by Gasteiger charge is -2.10. The number of nitrogens with two attached hydrogens (primary N) is 1. The Morgan fingerprint density at radius 1 is 1.25 bits per heavy atom. The van der Waals surface area contributed by atoms with Gasteiger partial charge in [0.2, 0.25) is 0 Å². The maximum Gasteiger partial charge on any atom is 0.159 e. The molecule has 0 radical (unpaired) electrons. The molecular weight excluding hydrogens is 420 g/mol. The van der Waals surface area contributed by atoms with Crippen LogP contribution in [0.3, 0.4) is 0 Å². The SMILES string of the molecule is C=NC(=N/C=C(\C)CCN)c1ccc(C#N)cc1S(=O)c1cnnc(-c2ccccc2)c1. The van der Waals surface area contributed by atoms with E-state index in [1.165, 1.54) is 6.20 Å². The van der Waals surface area contributed by atoms with Crippen LogP contribution in [0, 0.1) is 11.3 Å². The third-order valence-electron chi connectivity index (χ3n) is 4.56. The zero-order valence-electron chi connectivity index (χ0n) is 17.6. The van der Waals surface area contributed by atoms with Gasteiger partial charge in [-0.25, -0.2) is 14.2 Å².